The Morgan fingerprint density at radius 1 is 1.35 bits per heavy atom. The summed E-state index contributed by atoms with van der Waals surface area (Å²) in [6, 6.07) is 3.71. The largest absolute Gasteiger partial charge is 0.244 e. The summed E-state index contributed by atoms with van der Waals surface area (Å²) in [4.78, 5) is 0.147. The van der Waals surface area contributed by atoms with Crippen molar-refractivity contribution in [2.45, 2.75) is 37.5 Å². The molecule has 2 rings (SSSR count). The highest BCUT2D eigenvalue weighted by Gasteiger charge is 2.28. The van der Waals surface area contributed by atoms with Gasteiger partial charge in [0.1, 0.15) is 5.82 Å². The summed E-state index contributed by atoms with van der Waals surface area (Å²) in [5.74, 6) is 0.157. The predicted octanol–water partition coefficient (Wildman–Crippen LogP) is 3.79. The Kier molecular flexibility index (Phi) is 5.20. The molecule has 1 saturated heterocycles. The van der Waals surface area contributed by atoms with Crippen LogP contribution in [-0.4, -0.2) is 25.8 Å². The number of hydrogen-bond acceptors (Lipinski definition) is 2. The quantitative estimate of drug-likeness (QED) is 0.819. The Balaban J connectivity index is 2.25. The zero-order valence-corrected chi connectivity index (χ0v) is 13.9. The van der Waals surface area contributed by atoms with Gasteiger partial charge in [-0.2, -0.15) is 4.31 Å². The van der Waals surface area contributed by atoms with Gasteiger partial charge >= 0.3 is 0 Å². The molecule has 0 amide bonds. The summed E-state index contributed by atoms with van der Waals surface area (Å²) in [6.45, 7) is 3.23. The van der Waals surface area contributed by atoms with Gasteiger partial charge in [0.15, 0.2) is 0 Å². The molecule has 1 aliphatic heterocycles. The van der Waals surface area contributed by atoms with Gasteiger partial charge < -0.3 is 0 Å². The van der Waals surface area contributed by atoms with E-state index in [1.807, 2.05) is 0 Å². The topological polar surface area (TPSA) is 37.4 Å². The minimum Gasteiger partial charge on any atom is -0.207 e. The van der Waals surface area contributed by atoms with E-state index in [0.29, 0.717) is 19.0 Å². The van der Waals surface area contributed by atoms with Gasteiger partial charge in [-0.3, -0.25) is 0 Å². The monoisotopic (exact) mass is 363 g/mol. The van der Waals surface area contributed by atoms with Crippen molar-refractivity contribution in [3.8, 4) is 0 Å². The van der Waals surface area contributed by atoms with Crippen LogP contribution >= 0.6 is 15.9 Å². The molecule has 6 heteroatoms. The van der Waals surface area contributed by atoms with Gasteiger partial charge in [0.25, 0.3) is 0 Å². The fraction of sp³-hybridized carbons (Fsp3) is 0.571. The summed E-state index contributed by atoms with van der Waals surface area (Å²) in [5, 5.41) is 0. The average molecular weight is 364 g/mol. The molecule has 1 heterocycles. The van der Waals surface area contributed by atoms with Gasteiger partial charge in [0, 0.05) is 17.6 Å². The van der Waals surface area contributed by atoms with E-state index in [0.717, 1.165) is 25.7 Å². The predicted molar refractivity (Wildman–Crippen MR) is 80.5 cm³/mol. The van der Waals surface area contributed by atoms with E-state index in [2.05, 4.69) is 22.9 Å². The molecule has 1 unspecified atom stereocenters. The second-order valence-electron chi connectivity index (χ2n) is 5.18. The highest BCUT2D eigenvalue weighted by atomic mass is 79.9. The van der Waals surface area contributed by atoms with Crippen LogP contribution in [0.25, 0.3) is 0 Å². The molecule has 0 N–H and O–H groups in total. The highest BCUT2D eigenvalue weighted by molar-refractivity contribution is 9.10. The molecule has 0 bridgehead atoms. The van der Waals surface area contributed by atoms with Crippen molar-refractivity contribution in [3.63, 3.8) is 0 Å². The molecule has 0 spiro atoms. The molecular weight excluding hydrogens is 345 g/mol. The Hall–Kier alpha value is -0.460. The second-order valence-corrected chi connectivity index (χ2v) is 7.94. The third-order valence-corrected chi connectivity index (χ3v) is 6.77. The number of nitrogens with zero attached hydrogens (tertiary/aromatic N) is 1. The minimum atomic E-state index is -3.54. The summed E-state index contributed by atoms with van der Waals surface area (Å²) in [5.41, 5.74) is 0. The van der Waals surface area contributed by atoms with E-state index in [1.54, 1.807) is 0 Å². The van der Waals surface area contributed by atoms with E-state index in [-0.39, 0.29) is 9.37 Å². The van der Waals surface area contributed by atoms with Crippen LogP contribution in [0.4, 0.5) is 4.39 Å². The van der Waals surface area contributed by atoms with Crippen molar-refractivity contribution in [1.82, 2.24) is 4.31 Å². The molecule has 3 nitrogen and oxygen atoms in total. The van der Waals surface area contributed by atoms with Crippen molar-refractivity contribution >= 4 is 26.0 Å². The number of hydrogen-bond donors (Lipinski definition) is 0. The molecule has 112 valence electrons. The summed E-state index contributed by atoms with van der Waals surface area (Å²) < 4.78 is 40.2. The molecule has 0 radical (unpaired) electrons. The van der Waals surface area contributed by atoms with Gasteiger partial charge in [0.05, 0.1) is 4.90 Å². The van der Waals surface area contributed by atoms with Gasteiger partial charge in [-0.25, -0.2) is 12.8 Å². The summed E-state index contributed by atoms with van der Waals surface area (Å²) in [7, 11) is -3.54. The maximum absolute atomic E-state index is 13.1. The molecular formula is C14H19BrFNO2S. The lowest BCUT2D eigenvalue weighted by Gasteiger charge is -2.21. The van der Waals surface area contributed by atoms with Crippen LogP contribution in [0.1, 0.15) is 32.6 Å². The van der Waals surface area contributed by atoms with Crippen LogP contribution in [0.5, 0.6) is 0 Å². The van der Waals surface area contributed by atoms with Gasteiger partial charge in [0.2, 0.25) is 10.0 Å². The second kappa shape index (κ2) is 6.54. The van der Waals surface area contributed by atoms with Crippen molar-refractivity contribution in [1.29, 1.82) is 0 Å². The standard InChI is InChI=1S/C14H19BrFNO2S/c1-2-11-4-3-8-17(9-7-11)20(18,19)14-6-5-12(16)10-13(14)15/h5-6,10-11H,2-4,7-9H2,1H3. The Bertz CT molecular complexity index is 577. The van der Waals surface area contributed by atoms with Crippen molar-refractivity contribution in [3.05, 3.63) is 28.5 Å². The van der Waals surface area contributed by atoms with Crippen LogP contribution in [0.3, 0.4) is 0 Å². The normalized spacial score (nSPS) is 21.6. The third-order valence-electron chi connectivity index (χ3n) is 3.90. The average Bonchev–Trinajstić information content (AvgIpc) is 2.63. The van der Waals surface area contributed by atoms with Crippen LogP contribution in [-0.2, 0) is 10.0 Å². The maximum atomic E-state index is 13.1. The van der Waals surface area contributed by atoms with Crippen molar-refractivity contribution in [2.24, 2.45) is 5.92 Å². The zero-order chi connectivity index (χ0) is 14.8. The van der Waals surface area contributed by atoms with Gasteiger partial charge in [-0.1, -0.05) is 13.3 Å². The molecule has 0 aliphatic carbocycles. The Morgan fingerprint density at radius 2 is 2.10 bits per heavy atom. The van der Waals surface area contributed by atoms with E-state index in [9.17, 15) is 12.8 Å². The Morgan fingerprint density at radius 3 is 2.75 bits per heavy atom. The van der Waals surface area contributed by atoms with Crippen LogP contribution in [0.2, 0.25) is 0 Å². The van der Waals surface area contributed by atoms with Crippen LogP contribution in [0, 0.1) is 11.7 Å². The Labute approximate surface area is 128 Å². The fourth-order valence-electron chi connectivity index (χ4n) is 2.61. The highest BCUT2D eigenvalue weighted by Crippen LogP contribution is 2.29. The van der Waals surface area contributed by atoms with Crippen LogP contribution in [0.15, 0.2) is 27.6 Å². The van der Waals surface area contributed by atoms with Crippen molar-refractivity contribution in [2.75, 3.05) is 13.1 Å². The third kappa shape index (κ3) is 3.40. The molecule has 1 aliphatic rings. The number of rotatable bonds is 3. The SMILES string of the molecule is CCC1CCCN(S(=O)(=O)c2ccc(F)cc2Br)CC1. The van der Waals surface area contributed by atoms with Crippen LogP contribution < -0.4 is 0 Å². The number of sulfonamides is 1. The molecule has 1 aromatic carbocycles. The first kappa shape index (κ1) is 15.9. The maximum Gasteiger partial charge on any atom is 0.244 e. The first-order valence-corrected chi connectivity index (χ1v) is 9.13. The molecule has 0 saturated carbocycles. The van der Waals surface area contributed by atoms with E-state index in [1.165, 1.54) is 22.5 Å². The molecule has 20 heavy (non-hydrogen) atoms. The van der Waals surface area contributed by atoms with Gasteiger partial charge in [-0.15, -0.1) is 0 Å². The van der Waals surface area contributed by atoms with Crippen molar-refractivity contribution < 1.29 is 12.8 Å². The zero-order valence-electron chi connectivity index (χ0n) is 11.5. The molecule has 1 aromatic rings. The lowest BCUT2D eigenvalue weighted by Crippen LogP contribution is -2.32. The fourth-order valence-corrected chi connectivity index (χ4v) is 5.11. The smallest absolute Gasteiger partial charge is 0.207 e. The number of halogens is 2. The lowest BCUT2D eigenvalue weighted by molar-refractivity contribution is 0.407. The minimum absolute atomic E-state index is 0.147. The van der Waals surface area contributed by atoms with E-state index >= 15 is 0 Å². The molecule has 1 fully saturated rings. The van der Waals surface area contributed by atoms with E-state index in [4.69, 9.17) is 0 Å². The molecule has 0 aromatic heterocycles. The molecule has 1 atom stereocenters. The lowest BCUT2D eigenvalue weighted by atomic mass is 9.98. The first-order valence-electron chi connectivity index (χ1n) is 6.90. The first-order chi connectivity index (χ1) is 9.45. The number of benzene rings is 1. The van der Waals surface area contributed by atoms with Gasteiger partial charge in [-0.05, 0) is 59.3 Å². The van der Waals surface area contributed by atoms with E-state index < -0.39 is 15.8 Å². The summed E-state index contributed by atoms with van der Waals surface area (Å²) in [6.07, 6.45) is 3.95. The summed E-state index contributed by atoms with van der Waals surface area (Å²) >= 11 is 3.15.